The molecule has 2 atom stereocenters. The Morgan fingerprint density at radius 2 is 2.22 bits per heavy atom. The van der Waals surface area contributed by atoms with E-state index >= 15 is 0 Å². The highest BCUT2D eigenvalue weighted by Gasteiger charge is 2.37. The van der Waals surface area contributed by atoms with Crippen LogP contribution in [0.25, 0.3) is 0 Å². The lowest BCUT2D eigenvalue weighted by molar-refractivity contribution is -0.148. The second kappa shape index (κ2) is 7.93. The maximum atomic E-state index is 12.8. The number of amides is 1. The first-order valence-electron chi connectivity index (χ1n) is 8.42. The molecular weight excluding hydrogens is 292 g/mol. The lowest BCUT2D eigenvalue weighted by Crippen LogP contribution is -2.51. The van der Waals surface area contributed by atoms with Crippen LogP contribution >= 0.6 is 0 Å². The van der Waals surface area contributed by atoms with Crippen molar-refractivity contribution in [2.24, 2.45) is 13.0 Å². The number of aromatic nitrogens is 2. The molecule has 1 amide bonds. The second-order valence-electron chi connectivity index (χ2n) is 7.08. The molecule has 0 bridgehead atoms. The number of likely N-dealkylation sites (N-methyl/N-ethyl adjacent to an activating group) is 1. The molecule has 1 aromatic rings. The first-order valence-corrected chi connectivity index (χ1v) is 8.42. The summed E-state index contributed by atoms with van der Waals surface area (Å²) >= 11 is 0. The third-order valence-electron chi connectivity index (χ3n) is 4.22. The molecule has 130 valence electrons. The van der Waals surface area contributed by atoms with Crippen molar-refractivity contribution < 1.29 is 9.53 Å². The average Bonchev–Trinajstić information content (AvgIpc) is 2.90. The van der Waals surface area contributed by atoms with E-state index in [1.54, 1.807) is 4.68 Å². The molecule has 23 heavy (non-hydrogen) atoms. The summed E-state index contributed by atoms with van der Waals surface area (Å²) in [5.74, 6) is 0.758. The molecule has 1 fully saturated rings. The standard InChI is InChI=1S/C17H30N4O2/c1-13(2)6-7-16(22)21-8-9-23-15(12-19(3)4)17(21)14-10-18-20(5)11-14/h10-11,13,15,17H,6-9,12H2,1-5H3/t15-,17-/m0/s1. The quantitative estimate of drug-likeness (QED) is 0.800. The molecule has 1 aromatic heterocycles. The van der Waals surface area contributed by atoms with E-state index in [1.165, 1.54) is 0 Å². The molecule has 2 heterocycles. The number of hydrogen-bond acceptors (Lipinski definition) is 4. The molecule has 6 heteroatoms. The fourth-order valence-corrected chi connectivity index (χ4v) is 3.07. The second-order valence-corrected chi connectivity index (χ2v) is 7.08. The first-order chi connectivity index (χ1) is 10.9. The molecule has 2 rings (SSSR count). The van der Waals surface area contributed by atoms with Crippen LogP contribution in [0.2, 0.25) is 0 Å². The molecule has 1 aliphatic heterocycles. The minimum absolute atomic E-state index is 0.0223. The highest BCUT2D eigenvalue weighted by Crippen LogP contribution is 2.30. The minimum atomic E-state index is -0.0560. The third kappa shape index (κ3) is 4.78. The van der Waals surface area contributed by atoms with Gasteiger partial charge in [-0.15, -0.1) is 0 Å². The normalized spacial score (nSPS) is 22.1. The predicted octanol–water partition coefficient (Wildman–Crippen LogP) is 1.69. The van der Waals surface area contributed by atoms with Gasteiger partial charge in [0.05, 0.1) is 24.9 Å². The molecule has 6 nitrogen and oxygen atoms in total. The fraction of sp³-hybridized carbons (Fsp3) is 0.765. The van der Waals surface area contributed by atoms with Crippen molar-refractivity contribution in [3.05, 3.63) is 18.0 Å². The number of rotatable bonds is 6. The monoisotopic (exact) mass is 322 g/mol. The summed E-state index contributed by atoms with van der Waals surface area (Å²) in [6.07, 6.45) is 5.35. The van der Waals surface area contributed by atoms with Gasteiger partial charge in [0.15, 0.2) is 0 Å². The summed E-state index contributed by atoms with van der Waals surface area (Å²) < 4.78 is 7.78. The van der Waals surface area contributed by atoms with Gasteiger partial charge in [0.25, 0.3) is 0 Å². The zero-order valence-electron chi connectivity index (χ0n) is 15.0. The van der Waals surface area contributed by atoms with Crippen LogP contribution in [0.15, 0.2) is 12.4 Å². The van der Waals surface area contributed by atoms with Crippen LogP contribution in [0.4, 0.5) is 0 Å². The molecule has 0 unspecified atom stereocenters. The van der Waals surface area contributed by atoms with Crippen molar-refractivity contribution in [1.29, 1.82) is 0 Å². The van der Waals surface area contributed by atoms with Crippen molar-refractivity contribution in [3.8, 4) is 0 Å². The molecule has 0 aromatic carbocycles. The molecular formula is C17H30N4O2. The van der Waals surface area contributed by atoms with Gasteiger partial charge in [-0.1, -0.05) is 13.8 Å². The number of aryl methyl sites for hydroxylation is 1. The van der Waals surface area contributed by atoms with E-state index in [9.17, 15) is 4.79 Å². The zero-order valence-corrected chi connectivity index (χ0v) is 15.0. The molecule has 0 spiro atoms. The lowest BCUT2D eigenvalue weighted by Gasteiger charge is -2.42. The first kappa shape index (κ1) is 17.9. The van der Waals surface area contributed by atoms with Crippen LogP contribution in [-0.4, -0.2) is 65.4 Å². The number of carbonyl (C=O) groups excluding carboxylic acids is 1. The minimum Gasteiger partial charge on any atom is -0.373 e. The van der Waals surface area contributed by atoms with Crippen molar-refractivity contribution >= 4 is 5.91 Å². The van der Waals surface area contributed by atoms with Crippen LogP contribution in [0.3, 0.4) is 0 Å². The fourth-order valence-electron chi connectivity index (χ4n) is 3.07. The summed E-state index contributed by atoms with van der Waals surface area (Å²) in [4.78, 5) is 16.9. The van der Waals surface area contributed by atoms with E-state index in [0.29, 0.717) is 25.5 Å². The summed E-state index contributed by atoms with van der Waals surface area (Å²) in [6.45, 7) is 6.34. The molecule has 1 aliphatic rings. The van der Waals surface area contributed by atoms with Crippen LogP contribution < -0.4 is 0 Å². The SMILES string of the molecule is CC(C)CCC(=O)N1CCO[C@@H](CN(C)C)[C@@H]1c1cnn(C)c1. The Labute approximate surface area is 139 Å². The Balaban J connectivity index is 2.21. The largest absolute Gasteiger partial charge is 0.373 e. The maximum Gasteiger partial charge on any atom is 0.223 e. The lowest BCUT2D eigenvalue weighted by atomic mass is 9.99. The van der Waals surface area contributed by atoms with Crippen LogP contribution in [0.1, 0.15) is 38.3 Å². The van der Waals surface area contributed by atoms with Crippen LogP contribution in [0, 0.1) is 5.92 Å². The van der Waals surface area contributed by atoms with E-state index in [1.807, 2.05) is 38.4 Å². The Kier molecular flexibility index (Phi) is 6.18. The Bertz CT molecular complexity index is 512. The van der Waals surface area contributed by atoms with Gasteiger partial charge in [-0.3, -0.25) is 9.48 Å². The van der Waals surface area contributed by atoms with Crippen molar-refractivity contribution in [2.45, 2.75) is 38.8 Å². The Morgan fingerprint density at radius 1 is 1.48 bits per heavy atom. The molecule has 0 radical (unpaired) electrons. The van der Waals surface area contributed by atoms with Gasteiger partial charge in [0, 0.05) is 38.3 Å². The van der Waals surface area contributed by atoms with Gasteiger partial charge in [0.2, 0.25) is 5.91 Å². The topological polar surface area (TPSA) is 50.6 Å². The van der Waals surface area contributed by atoms with Crippen LogP contribution in [-0.2, 0) is 16.6 Å². The van der Waals surface area contributed by atoms with Gasteiger partial charge in [0.1, 0.15) is 0 Å². The molecule has 0 saturated carbocycles. The maximum absolute atomic E-state index is 12.8. The predicted molar refractivity (Wildman–Crippen MR) is 90.0 cm³/mol. The molecule has 1 saturated heterocycles. The zero-order chi connectivity index (χ0) is 17.0. The number of carbonyl (C=O) groups is 1. The van der Waals surface area contributed by atoms with Crippen molar-refractivity contribution in [2.75, 3.05) is 33.8 Å². The van der Waals surface area contributed by atoms with Gasteiger partial charge in [-0.25, -0.2) is 0 Å². The Morgan fingerprint density at radius 3 is 2.78 bits per heavy atom. The van der Waals surface area contributed by atoms with Gasteiger partial charge >= 0.3 is 0 Å². The number of morpholine rings is 1. The molecule has 0 aliphatic carbocycles. The van der Waals surface area contributed by atoms with E-state index in [0.717, 1.165) is 18.5 Å². The van der Waals surface area contributed by atoms with Crippen LogP contribution in [0.5, 0.6) is 0 Å². The highest BCUT2D eigenvalue weighted by atomic mass is 16.5. The van der Waals surface area contributed by atoms with Gasteiger partial charge in [-0.2, -0.15) is 5.10 Å². The van der Waals surface area contributed by atoms with Crippen molar-refractivity contribution in [1.82, 2.24) is 19.6 Å². The van der Waals surface area contributed by atoms with E-state index in [4.69, 9.17) is 4.74 Å². The summed E-state index contributed by atoms with van der Waals surface area (Å²) in [7, 11) is 5.96. The number of ether oxygens (including phenoxy) is 1. The molecule has 0 N–H and O–H groups in total. The third-order valence-corrected chi connectivity index (χ3v) is 4.22. The van der Waals surface area contributed by atoms with Crippen molar-refractivity contribution in [3.63, 3.8) is 0 Å². The number of hydrogen-bond donors (Lipinski definition) is 0. The Hall–Kier alpha value is -1.40. The number of nitrogens with zero attached hydrogens (tertiary/aromatic N) is 4. The van der Waals surface area contributed by atoms with E-state index in [2.05, 4.69) is 23.8 Å². The summed E-state index contributed by atoms with van der Waals surface area (Å²) in [5.41, 5.74) is 1.05. The average molecular weight is 322 g/mol. The van der Waals surface area contributed by atoms with Gasteiger partial charge < -0.3 is 14.5 Å². The van der Waals surface area contributed by atoms with E-state index < -0.39 is 0 Å². The summed E-state index contributed by atoms with van der Waals surface area (Å²) in [5, 5.41) is 4.28. The van der Waals surface area contributed by atoms with Gasteiger partial charge in [-0.05, 0) is 26.4 Å². The highest BCUT2D eigenvalue weighted by molar-refractivity contribution is 5.77. The summed E-state index contributed by atoms with van der Waals surface area (Å²) in [6, 6.07) is -0.0560. The smallest absolute Gasteiger partial charge is 0.223 e. The van der Waals surface area contributed by atoms with E-state index in [-0.39, 0.29) is 18.1 Å².